The van der Waals surface area contributed by atoms with Crippen LogP contribution in [0.25, 0.3) is 38.4 Å². The number of anilines is 1. The zero-order chi connectivity index (χ0) is 23.7. The molecule has 0 aliphatic heterocycles. The first-order chi connectivity index (χ1) is 16.5. The zero-order valence-corrected chi connectivity index (χ0v) is 19.4. The van der Waals surface area contributed by atoms with Crippen LogP contribution in [0.2, 0.25) is 0 Å². The van der Waals surface area contributed by atoms with E-state index in [-0.39, 0.29) is 5.91 Å². The van der Waals surface area contributed by atoms with Gasteiger partial charge in [0.2, 0.25) is 5.91 Å². The average molecular weight is 448 g/mol. The minimum Gasteiger partial charge on any atom is -0.496 e. The predicted octanol–water partition coefficient (Wildman–Crippen LogP) is 7.61. The highest BCUT2D eigenvalue weighted by Gasteiger charge is 2.16. The number of amides is 1. The van der Waals surface area contributed by atoms with Crippen LogP contribution in [0.15, 0.2) is 95.6 Å². The van der Waals surface area contributed by atoms with E-state index in [0.717, 1.165) is 49.9 Å². The predicted molar refractivity (Wildman–Crippen MR) is 139 cm³/mol. The van der Waals surface area contributed by atoms with Crippen molar-refractivity contribution in [3.63, 3.8) is 0 Å². The van der Waals surface area contributed by atoms with Gasteiger partial charge in [0.05, 0.1) is 13.4 Å². The van der Waals surface area contributed by atoms with Crippen molar-refractivity contribution in [2.45, 2.75) is 13.8 Å². The molecule has 168 valence electrons. The van der Waals surface area contributed by atoms with Crippen molar-refractivity contribution >= 4 is 38.9 Å². The van der Waals surface area contributed by atoms with Crippen LogP contribution in [0, 0.1) is 6.92 Å². The highest BCUT2D eigenvalue weighted by molar-refractivity contribution is 6.07. The van der Waals surface area contributed by atoms with Crippen LogP contribution in [0.3, 0.4) is 0 Å². The van der Waals surface area contributed by atoms with Gasteiger partial charge in [0, 0.05) is 34.3 Å². The summed E-state index contributed by atoms with van der Waals surface area (Å²) in [6, 6.07) is 26.2. The number of methoxy groups -OCH3 is 1. The molecule has 4 heteroatoms. The Morgan fingerprint density at radius 2 is 1.68 bits per heavy atom. The summed E-state index contributed by atoms with van der Waals surface area (Å²) in [6.45, 7) is 3.93. The van der Waals surface area contributed by atoms with Crippen LogP contribution in [0.1, 0.15) is 18.1 Å². The molecule has 0 radical (unpaired) electrons. The van der Waals surface area contributed by atoms with Gasteiger partial charge in [-0.3, -0.25) is 4.79 Å². The zero-order valence-electron chi connectivity index (χ0n) is 19.4. The number of hydrogen-bond donors (Lipinski definition) is 1. The van der Waals surface area contributed by atoms with Crippen LogP contribution >= 0.6 is 0 Å². The number of carbonyl (C=O) groups excluding carboxylic acids is 1. The Hall–Kier alpha value is -4.31. The first-order valence-corrected chi connectivity index (χ1v) is 11.2. The molecule has 1 amide bonds. The molecule has 5 aromatic rings. The molecule has 1 aromatic heterocycles. The van der Waals surface area contributed by atoms with Crippen LogP contribution in [0.4, 0.5) is 5.69 Å². The third-order valence-corrected chi connectivity index (χ3v) is 6.07. The number of nitrogens with one attached hydrogen (secondary N) is 1. The van der Waals surface area contributed by atoms with E-state index in [2.05, 4.69) is 35.6 Å². The Morgan fingerprint density at radius 1 is 0.912 bits per heavy atom. The molecular weight excluding hydrogens is 422 g/mol. The molecule has 1 heterocycles. The lowest BCUT2D eigenvalue weighted by Crippen LogP contribution is -2.08. The first-order valence-electron chi connectivity index (χ1n) is 11.2. The summed E-state index contributed by atoms with van der Waals surface area (Å²) in [4.78, 5) is 12.7. The van der Waals surface area contributed by atoms with Crippen LogP contribution in [-0.2, 0) is 4.79 Å². The second-order valence-corrected chi connectivity index (χ2v) is 8.41. The standard InChI is InChI=1S/C30H25NO3/c1-19-11-13-22(14-12-19)31-30(32)15-20(2)25-16-26-27(18-34-29(26)17-28(25)33-3)24-10-6-8-21-7-4-5-9-23(21)24/h4-18H,1-3H3,(H,31,32)/b20-15+. The van der Waals surface area contributed by atoms with Crippen molar-refractivity contribution in [2.75, 3.05) is 12.4 Å². The number of aryl methyl sites for hydroxylation is 1. The smallest absolute Gasteiger partial charge is 0.248 e. The molecule has 0 unspecified atom stereocenters. The normalized spacial score (nSPS) is 11.7. The fraction of sp³-hybridized carbons (Fsp3) is 0.100. The van der Waals surface area contributed by atoms with Gasteiger partial charge in [0.25, 0.3) is 0 Å². The molecule has 0 aliphatic rings. The summed E-state index contributed by atoms with van der Waals surface area (Å²) in [5.74, 6) is 0.466. The average Bonchev–Trinajstić information content (AvgIpc) is 3.27. The van der Waals surface area contributed by atoms with E-state index in [9.17, 15) is 4.79 Å². The van der Waals surface area contributed by atoms with Crippen LogP contribution in [-0.4, -0.2) is 13.0 Å². The topological polar surface area (TPSA) is 51.5 Å². The minimum absolute atomic E-state index is 0.190. The quantitative estimate of drug-likeness (QED) is 0.282. The minimum atomic E-state index is -0.190. The molecule has 0 bridgehead atoms. The molecule has 4 aromatic carbocycles. The Labute approximate surface area is 198 Å². The number of hydrogen-bond acceptors (Lipinski definition) is 3. The van der Waals surface area contributed by atoms with Gasteiger partial charge in [0.1, 0.15) is 11.3 Å². The molecule has 5 rings (SSSR count). The molecule has 0 aliphatic carbocycles. The lowest BCUT2D eigenvalue weighted by molar-refractivity contribution is -0.111. The van der Waals surface area contributed by atoms with Gasteiger partial charge in [-0.05, 0) is 54.0 Å². The first kappa shape index (κ1) is 21.5. The Bertz CT molecular complexity index is 1540. The number of allylic oxidation sites excluding steroid dienone is 1. The maximum absolute atomic E-state index is 12.7. The fourth-order valence-electron chi connectivity index (χ4n) is 4.29. The number of ether oxygens (including phenoxy) is 1. The fourth-order valence-corrected chi connectivity index (χ4v) is 4.29. The second-order valence-electron chi connectivity index (χ2n) is 8.41. The van der Waals surface area contributed by atoms with E-state index in [1.807, 2.05) is 62.4 Å². The van der Waals surface area contributed by atoms with E-state index in [0.29, 0.717) is 5.75 Å². The molecule has 0 atom stereocenters. The van der Waals surface area contributed by atoms with Gasteiger partial charge >= 0.3 is 0 Å². The molecular formula is C30H25NO3. The van der Waals surface area contributed by atoms with Crippen molar-refractivity contribution in [3.05, 3.63) is 102 Å². The molecule has 34 heavy (non-hydrogen) atoms. The van der Waals surface area contributed by atoms with Gasteiger partial charge in [-0.25, -0.2) is 0 Å². The van der Waals surface area contributed by atoms with Crippen LogP contribution < -0.4 is 10.1 Å². The largest absolute Gasteiger partial charge is 0.496 e. The van der Waals surface area contributed by atoms with Crippen molar-refractivity contribution < 1.29 is 13.9 Å². The SMILES string of the molecule is COc1cc2occ(-c3cccc4ccccc34)c2cc1/C(C)=C/C(=O)Nc1ccc(C)cc1. The van der Waals surface area contributed by atoms with Gasteiger partial charge in [-0.1, -0.05) is 60.2 Å². The number of fused-ring (bicyclic) bond motifs is 2. The van der Waals surface area contributed by atoms with E-state index in [1.165, 1.54) is 5.39 Å². The number of carbonyl (C=O) groups is 1. The Balaban J connectivity index is 1.56. The van der Waals surface area contributed by atoms with E-state index < -0.39 is 0 Å². The summed E-state index contributed by atoms with van der Waals surface area (Å²) in [5.41, 5.74) is 6.39. The summed E-state index contributed by atoms with van der Waals surface area (Å²) >= 11 is 0. The van der Waals surface area contributed by atoms with Crippen molar-refractivity contribution in [1.82, 2.24) is 0 Å². The molecule has 0 fully saturated rings. The number of furan rings is 1. The summed E-state index contributed by atoms with van der Waals surface area (Å²) in [6.07, 6.45) is 3.39. The van der Waals surface area contributed by atoms with Gasteiger partial charge in [-0.15, -0.1) is 0 Å². The Kier molecular flexibility index (Phi) is 5.64. The summed E-state index contributed by atoms with van der Waals surface area (Å²) < 4.78 is 11.6. The highest BCUT2D eigenvalue weighted by Crippen LogP contribution is 2.39. The lowest BCUT2D eigenvalue weighted by atomic mass is 9.96. The highest BCUT2D eigenvalue weighted by atomic mass is 16.5. The monoisotopic (exact) mass is 447 g/mol. The van der Waals surface area contributed by atoms with Crippen LogP contribution in [0.5, 0.6) is 5.75 Å². The Morgan fingerprint density at radius 3 is 2.47 bits per heavy atom. The van der Waals surface area contributed by atoms with Crippen molar-refractivity contribution in [1.29, 1.82) is 0 Å². The lowest BCUT2D eigenvalue weighted by Gasteiger charge is -2.11. The van der Waals surface area contributed by atoms with E-state index in [4.69, 9.17) is 9.15 Å². The van der Waals surface area contributed by atoms with Crippen molar-refractivity contribution in [3.8, 4) is 16.9 Å². The number of benzene rings is 4. The molecule has 1 N–H and O–H groups in total. The molecule has 0 saturated heterocycles. The molecule has 4 nitrogen and oxygen atoms in total. The van der Waals surface area contributed by atoms with Gasteiger partial charge < -0.3 is 14.5 Å². The summed E-state index contributed by atoms with van der Waals surface area (Å²) in [7, 11) is 1.62. The maximum atomic E-state index is 12.7. The molecule has 0 saturated carbocycles. The second kappa shape index (κ2) is 8.91. The summed E-state index contributed by atoms with van der Waals surface area (Å²) in [5, 5.41) is 6.23. The maximum Gasteiger partial charge on any atom is 0.248 e. The third-order valence-electron chi connectivity index (χ3n) is 6.07. The van der Waals surface area contributed by atoms with Gasteiger partial charge in [0.15, 0.2) is 0 Å². The molecule has 0 spiro atoms. The van der Waals surface area contributed by atoms with Gasteiger partial charge in [-0.2, -0.15) is 0 Å². The van der Waals surface area contributed by atoms with Crippen molar-refractivity contribution in [2.24, 2.45) is 0 Å². The number of rotatable bonds is 5. The van der Waals surface area contributed by atoms with E-state index >= 15 is 0 Å². The third kappa shape index (κ3) is 4.06. The van der Waals surface area contributed by atoms with E-state index in [1.54, 1.807) is 19.4 Å².